The van der Waals surface area contributed by atoms with Gasteiger partial charge in [-0.05, 0) is 19.9 Å². The van der Waals surface area contributed by atoms with Gasteiger partial charge in [0.25, 0.3) is 5.91 Å². The lowest BCUT2D eigenvalue weighted by Crippen LogP contribution is -2.32. The van der Waals surface area contributed by atoms with Gasteiger partial charge in [-0.2, -0.15) is 0 Å². The standard InChI is InChI=1S/C21H20N4O3/c1-3-25(4-2)16-10-18-15(9-14(16)21(27)24-22)23-20-13-8-6-5-7-12(13)17(26)11-19(20)28-18/h5-11H,3-4,22H2,1-2H3,(H,24,27). The van der Waals surface area contributed by atoms with Gasteiger partial charge < -0.3 is 9.32 Å². The third-order valence-corrected chi connectivity index (χ3v) is 4.95. The van der Waals surface area contributed by atoms with Crippen molar-refractivity contribution in [2.75, 3.05) is 18.0 Å². The number of benzene rings is 3. The van der Waals surface area contributed by atoms with Gasteiger partial charge in [0, 0.05) is 36.0 Å². The summed E-state index contributed by atoms with van der Waals surface area (Å²) in [6.07, 6.45) is 0. The van der Waals surface area contributed by atoms with Gasteiger partial charge in [0.1, 0.15) is 11.2 Å². The van der Waals surface area contributed by atoms with Gasteiger partial charge >= 0.3 is 0 Å². The maximum Gasteiger partial charge on any atom is 0.267 e. The quantitative estimate of drug-likeness (QED) is 0.187. The van der Waals surface area contributed by atoms with Crippen LogP contribution in [-0.2, 0) is 0 Å². The van der Waals surface area contributed by atoms with Crippen molar-refractivity contribution in [3.8, 4) is 11.5 Å². The minimum atomic E-state index is -0.398. The molecule has 1 amide bonds. The lowest BCUT2D eigenvalue weighted by atomic mass is 10.0. The van der Waals surface area contributed by atoms with Gasteiger partial charge in [-0.25, -0.2) is 10.8 Å². The summed E-state index contributed by atoms with van der Waals surface area (Å²) in [7, 11) is 0. The second kappa shape index (κ2) is 6.94. The first-order valence-electron chi connectivity index (χ1n) is 9.13. The van der Waals surface area contributed by atoms with E-state index in [0.717, 1.165) is 0 Å². The van der Waals surface area contributed by atoms with Crippen LogP contribution in [0.25, 0.3) is 33.3 Å². The van der Waals surface area contributed by atoms with Crippen LogP contribution in [0.4, 0.5) is 5.69 Å². The van der Waals surface area contributed by atoms with Crippen LogP contribution >= 0.6 is 0 Å². The molecule has 0 fully saturated rings. The smallest absolute Gasteiger partial charge is 0.267 e. The number of nitrogen functional groups attached to an aromatic ring is 1. The summed E-state index contributed by atoms with van der Waals surface area (Å²) in [6, 6.07) is 12.2. The number of hydrogen-bond acceptors (Lipinski definition) is 6. The third-order valence-electron chi connectivity index (χ3n) is 4.95. The molecule has 142 valence electrons. The van der Waals surface area contributed by atoms with Crippen molar-refractivity contribution in [2.24, 2.45) is 5.84 Å². The molecule has 1 aliphatic carbocycles. The monoisotopic (exact) mass is 376 g/mol. The summed E-state index contributed by atoms with van der Waals surface area (Å²) in [6.45, 7) is 5.43. The fraction of sp³-hybridized carbons (Fsp3) is 0.190. The summed E-state index contributed by atoms with van der Waals surface area (Å²) in [5.74, 6) is 5.40. The Bertz CT molecular complexity index is 1230. The minimum absolute atomic E-state index is 0.115. The zero-order valence-corrected chi connectivity index (χ0v) is 15.7. The SMILES string of the molecule is CCN(CC)c1cc2oc3cc(=O)c4ccccc4c-3nc2cc1C(=O)NN. The summed E-state index contributed by atoms with van der Waals surface area (Å²) in [5, 5.41) is 1.30. The van der Waals surface area contributed by atoms with Crippen LogP contribution in [-0.4, -0.2) is 24.0 Å². The molecule has 0 unspecified atom stereocenters. The molecule has 4 rings (SSSR count). The topological polar surface area (TPSA) is 101 Å². The van der Waals surface area contributed by atoms with Crippen LogP contribution in [0.5, 0.6) is 0 Å². The Hall–Kier alpha value is -3.45. The number of carbonyl (C=O) groups excluding carboxylic acids is 1. The zero-order chi connectivity index (χ0) is 19.8. The number of carbonyl (C=O) groups is 1. The Balaban J connectivity index is 2.08. The Morgan fingerprint density at radius 2 is 1.86 bits per heavy atom. The molecule has 0 saturated heterocycles. The highest BCUT2D eigenvalue weighted by Crippen LogP contribution is 2.33. The third kappa shape index (κ3) is 2.76. The van der Waals surface area contributed by atoms with Crippen LogP contribution in [0.15, 0.2) is 51.7 Å². The number of aromatic nitrogens is 1. The van der Waals surface area contributed by atoms with Crippen molar-refractivity contribution < 1.29 is 9.21 Å². The Morgan fingerprint density at radius 3 is 2.54 bits per heavy atom. The van der Waals surface area contributed by atoms with Crippen LogP contribution in [0, 0.1) is 0 Å². The number of fused-ring (bicyclic) bond motifs is 4. The first kappa shape index (κ1) is 17.9. The number of anilines is 1. The first-order chi connectivity index (χ1) is 13.6. The second-order valence-electron chi connectivity index (χ2n) is 6.46. The number of nitrogens with two attached hydrogens (primary N) is 1. The van der Waals surface area contributed by atoms with Crippen LogP contribution in [0.1, 0.15) is 24.2 Å². The summed E-state index contributed by atoms with van der Waals surface area (Å²) >= 11 is 0. The average Bonchev–Trinajstić information content (AvgIpc) is 2.72. The Kier molecular flexibility index (Phi) is 4.44. The van der Waals surface area contributed by atoms with Crippen LogP contribution in [0.3, 0.4) is 0 Å². The van der Waals surface area contributed by atoms with Crippen molar-refractivity contribution in [2.45, 2.75) is 13.8 Å². The van der Waals surface area contributed by atoms with Gasteiger partial charge in [-0.3, -0.25) is 15.0 Å². The van der Waals surface area contributed by atoms with E-state index in [-0.39, 0.29) is 5.43 Å². The van der Waals surface area contributed by atoms with Gasteiger partial charge in [-0.15, -0.1) is 0 Å². The number of nitrogens with zero attached hydrogens (tertiary/aromatic N) is 2. The van der Waals surface area contributed by atoms with E-state index >= 15 is 0 Å². The molecule has 2 aromatic rings. The van der Waals surface area contributed by atoms with E-state index in [1.807, 2.05) is 36.9 Å². The molecular weight excluding hydrogens is 356 g/mol. The maximum atomic E-state index is 12.4. The fourth-order valence-corrected chi connectivity index (χ4v) is 3.55. The fourth-order valence-electron chi connectivity index (χ4n) is 3.55. The van der Waals surface area contributed by atoms with Gasteiger partial charge in [0.15, 0.2) is 16.8 Å². The van der Waals surface area contributed by atoms with E-state index < -0.39 is 5.91 Å². The molecule has 0 saturated carbocycles. The number of hydrazine groups is 1. The number of hydrogen-bond donors (Lipinski definition) is 2. The summed E-state index contributed by atoms with van der Waals surface area (Å²) in [4.78, 5) is 31.5. The van der Waals surface area contributed by atoms with Crippen molar-refractivity contribution in [3.05, 3.63) is 58.3 Å². The Morgan fingerprint density at radius 1 is 1.14 bits per heavy atom. The first-order valence-corrected chi connectivity index (χ1v) is 9.13. The predicted octanol–water partition coefficient (Wildman–Crippen LogP) is 2.90. The molecule has 0 bridgehead atoms. The molecule has 1 heterocycles. The molecule has 2 aromatic carbocycles. The highest BCUT2D eigenvalue weighted by atomic mass is 16.3. The number of nitrogens with one attached hydrogen (secondary N) is 1. The zero-order valence-electron chi connectivity index (χ0n) is 15.7. The molecule has 0 atom stereocenters. The molecule has 7 heteroatoms. The lowest BCUT2D eigenvalue weighted by Gasteiger charge is -2.24. The molecule has 3 N–H and O–H groups in total. The molecule has 0 spiro atoms. The van der Waals surface area contributed by atoms with Gasteiger partial charge in [0.2, 0.25) is 0 Å². The molecule has 1 aliphatic heterocycles. The highest BCUT2D eigenvalue weighted by Gasteiger charge is 2.20. The number of amides is 1. The van der Waals surface area contributed by atoms with Crippen molar-refractivity contribution >= 4 is 33.5 Å². The van der Waals surface area contributed by atoms with E-state index in [4.69, 9.17) is 15.2 Å². The maximum absolute atomic E-state index is 12.4. The van der Waals surface area contributed by atoms with E-state index in [9.17, 15) is 9.59 Å². The van der Waals surface area contributed by atoms with Crippen molar-refractivity contribution in [1.29, 1.82) is 0 Å². The van der Waals surface area contributed by atoms with Gasteiger partial charge in [0.05, 0.1) is 11.3 Å². The molecule has 2 aliphatic rings. The molecule has 0 aromatic heterocycles. The molecule has 0 radical (unpaired) electrons. The van der Waals surface area contributed by atoms with E-state index in [1.54, 1.807) is 18.2 Å². The molecular formula is C21H20N4O3. The number of rotatable bonds is 4. The van der Waals surface area contributed by atoms with Crippen LogP contribution < -0.4 is 21.6 Å². The average molecular weight is 376 g/mol. The Labute approximate surface area is 161 Å². The van der Waals surface area contributed by atoms with E-state index in [2.05, 4.69) is 5.43 Å². The summed E-state index contributed by atoms with van der Waals surface area (Å²) < 4.78 is 6.03. The van der Waals surface area contributed by atoms with E-state index in [0.29, 0.717) is 57.7 Å². The second-order valence-corrected chi connectivity index (χ2v) is 6.46. The summed E-state index contributed by atoms with van der Waals surface area (Å²) in [5.41, 5.74) is 4.81. The minimum Gasteiger partial charge on any atom is -0.453 e. The van der Waals surface area contributed by atoms with Crippen LogP contribution in [0.2, 0.25) is 0 Å². The largest absolute Gasteiger partial charge is 0.453 e. The van der Waals surface area contributed by atoms with Gasteiger partial charge in [-0.1, -0.05) is 24.3 Å². The molecule has 28 heavy (non-hydrogen) atoms. The molecule has 7 nitrogen and oxygen atoms in total. The predicted molar refractivity (Wildman–Crippen MR) is 110 cm³/mol. The normalized spacial score (nSPS) is 11.2. The van der Waals surface area contributed by atoms with E-state index in [1.165, 1.54) is 6.07 Å². The van der Waals surface area contributed by atoms with Crippen molar-refractivity contribution in [3.63, 3.8) is 0 Å². The van der Waals surface area contributed by atoms with Crippen molar-refractivity contribution in [1.82, 2.24) is 10.4 Å². The lowest BCUT2D eigenvalue weighted by molar-refractivity contribution is 0.0954. The highest BCUT2D eigenvalue weighted by molar-refractivity contribution is 6.04.